The Morgan fingerprint density at radius 2 is 2.38 bits per heavy atom. The van der Waals surface area contributed by atoms with Gasteiger partial charge in [-0.2, -0.15) is 5.21 Å². The zero-order valence-corrected chi connectivity index (χ0v) is 5.07. The number of hydrogen-bond acceptors (Lipinski definition) is 3. The second-order valence-electron chi connectivity index (χ2n) is 1.14. The van der Waals surface area contributed by atoms with Crippen LogP contribution in [0.5, 0.6) is 0 Å². The Morgan fingerprint density at radius 3 is 2.50 bits per heavy atom. The highest BCUT2D eigenvalue weighted by Gasteiger charge is 1.79. The van der Waals surface area contributed by atoms with Crippen LogP contribution >= 0.6 is 12.2 Å². The van der Waals surface area contributed by atoms with Crippen LogP contribution in [0, 0.1) is 4.77 Å². The molecule has 5 nitrogen and oxygen atoms in total. The van der Waals surface area contributed by atoms with E-state index in [1.54, 1.807) is 11.7 Å². The van der Waals surface area contributed by atoms with Crippen LogP contribution in [0.1, 0.15) is 0 Å². The molecule has 0 amide bonds. The summed E-state index contributed by atoms with van der Waals surface area (Å²) < 4.78 is 2.02. The SMILES string of the molecule is Cn1[nH]nnc1=S.O. The number of H-pyrrole nitrogens is 1. The standard InChI is InChI=1S/C2H4N4S.H2O/c1-6-2(7)3-4-5-6;/h1H3,(H,3,5,7);1H2. The fraction of sp³-hybridized carbons (Fsp3) is 0.500. The van der Waals surface area contributed by atoms with Crippen LogP contribution in [-0.2, 0) is 7.05 Å². The van der Waals surface area contributed by atoms with Crippen LogP contribution in [0.15, 0.2) is 0 Å². The van der Waals surface area contributed by atoms with E-state index in [1.807, 2.05) is 0 Å². The van der Waals surface area contributed by atoms with Gasteiger partial charge >= 0.3 is 0 Å². The molecule has 8 heavy (non-hydrogen) atoms. The van der Waals surface area contributed by atoms with E-state index in [-0.39, 0.29) is 5.48 Å². The molecule has 1 rings (SSSR count). The highest BCUT2D eigenvalue weighted by Crippen LogP contribution is 1.71. The molecular weight excluding hydrogens is 128 g/mol. The molecule has 1 aromatic heterocycles. The summed E-state index contributed by atoms with van der Waals surface area (Å²) in [6, 6.07) is 0. The zero-order chi connectivity index (χ0) is 5.28. The summed E-state index contributed by atoms with van der Waals surface area (Å²) in [5, 5.41) is 9.41. The van der Waals surface area contributed by atoms with Crippen molar-refractivity contribution in [3.8, 4) is 0 Å². The Morgan fingerprint density at radius 1 is 1.75 bits per heavy atom. The molecule has 0 radical (unpaired) electrons. The molecule has 0 unspecified atom stereocenters. The summed E-state index contributed by atoms with van der Waals surface area (Å²) in [6.07, 6.45) is 0. The largest absolute Gasteiger partial charge is 0.412 e. The maximum absolute atomic E-state index is 4.64. The molecule has 0 bridgehead atoms. The zero-order valence-electron chi connectivity index (χ0n) is 4.25. The average molecular weight is 134 g/mol. The van der Waals surface area contributed by atoms with Crippen molar-refractivity contribution in [1.82, 2.24) is 20.2 Å². The fourth-order valence-corrected chi connectivity index (χ4v) is 0.324. The lowest BCUT2D eigenvalue weighted by molar-refractivity contribution is 0.705. The van der Waals surface area contributed by atoms with Gasteiger partial charge in [0.15, 0.2) is 0 Å². The van der Waals surface area contributed by atoms with Crippen LogP contribution in [0.4, 0.5) is 0 Å². The van der Waals surface area contributed by atoms with Gasteiger partial charge in [0.25, 0.3) is 0 Å². The predicted molar refractivity (Wildman–Crippen MR) is 29.8 cm³/mol. The monoisotopic (exact) mass is 134 g/mol. The molecule has 0 saturated carbocycles. The third-order valence-corrected chi connectivity index (χ3v) is 0.973. The van der Waals surface area contributed by atoms with Crippen molar-refractivity contribution in [1.29, 1.82) is 0 Å². The first-order valence-electron chi connectivity index (χ1n) is 1.75. The Bertz CT molecular complexity index is 202. The number of rotatable bonds is 0. The topological polar surface area (TPSA) is 78.0 Å². The number of aromatic nitrogens is 4. The molecule has 0 aliphatic rings. The quantitative estimate of drug-likeness (QED) is 0.464. The normalized spacial score (nSPS) is 8.12. The first kappa shape index (κ1) is 7.25. The van der Waals surface area contributed by atoms with E-state index in [4.69, 9.17) is 0 Å². The van der Waals surface area contributed by atoms with Gasteiger partial charge in [-0.3, -0.25) is 0 Å². The summed E-state index contributed by atoms with van der Waals surface area (Å²) in [6.45, 7) is 0. The highest BCUT2D eigenvalue weighted by molar-refractivity contribution is 7.71. The Balaban J connectivity index is 0.000000490. The Hall–Kier alpha value is -0.750. The van der Waals surface area contributed by atoms with Gasteiger partial charge in [-0.15, -0.1) is 0 Å². The van der Waals surface area contributed by atoms with E-state index in [9.17, 15) is 0 Å². The third kappa shape index (κ3) is 1.11. The Kier molecular flexibility index (Phi) is 2.29. The lowest BCUT2D eigenvalue weighted by atomic mass is 11.2. The van der Waals surface area contributed by atoms with Crippen molar-refractivity contribution in [3.05, 3.63) is 4.77 Å². The first-order valence-corrected chi connectivity index (χ1v) is 2.15. The third-order valence-electron chi connectivity index (χ3n) is 0.617. The number of tetrazole rings is 1. The molecule has 0 aliphatic carbocycles. The second-order valence-corrected chi connectivity index (χ2v) is 1.51. The highest BCUT2D eigenvalue weighted by atomic mass is 32.1. The van der Waals surface area contributed by atoms with Crippen LogP contribution in [-0.4, -0.2) is 25.7 Å². The first-order chi connectivity index (χ1) is 3.30. The molecule has 1 aromatic rings. The molecule has 6 heteroatoms. The minimum Gasteiger partial charge on any atom is -0.412 e. The minimum atomic E-state index is 0. The molecular formula is C2H6N4OS. The van der Waals surface area contributed by atoms with Gasteiger partial charge in [-0.1, -0.05) is 10.3 Å². The summed E-state index contributed by atoms with van der Waals surface area (Å²) in [7, 11) is 1.75. The van der Waals surface area contributed by atoms with Gasteiger partial charge in [0.2, 0.25) is 4.77 Å². The van der Waals surface area contributed by atoms with Crippen molar-refractivity contribution in [2.45, 2.75) is 0 Å². The molecule has 0 fully saturated rings. The van der Waals surface area contributed by atoms with E-state index in [0.29, 0.717) is 4.77 Å². The van der Waals surface area contributed by atoms with Crippen molar-refractivity contribution in [2.75, 3.05) is 0 Å². The van der Waals surface area contributed by atoms with Gasteiger partial charge in [-0.25, -0.2) is 4.68 Å². The molecule has 0 aromatic carbocycles. The number of aryl methyl sites for hydroxylation is 1. The molecule has 46 valence electrons. The smallest absolute Gasteiger partial charge is 0.237 e. The lowest BCUT2D eigenvalue weighted by Gasteiger charge is -1.77. The molecule has 0 saturated heterocycles. The van der Waals surface area contributed by atoms with E-state index in [1.165, 1.54) is 0 Å². The van der Waals surface area contributed by atoms with Crippen molar-refractivity contribution < 1.29 is 5.48 Å². The van der Waals surface area contributed by atoms with Crippen molar-refractivity contribution in [2.24, 2.45) is 7.05 Å². The molecule has 3 N–H and O–H groups in total. The summed E-state index contributed by atoms with van der Waals surface area (Å²) in [5.41, 5.74) is 0. The number of aromatic amines is 1. The molecule has 0 spiro atoms. The predicted octanol–water partition coefficient (Wildman–Crippen LogP) is -0.952. The number of nitrogens with zero attached hydrogens (tertiary/aromatic N) is 3. The van der Waals surface area contributed by atoms with E-state index >= 15 is 0 Å². The van der Waals surface area contributed by atoms with Crippen LogP contribution in [0.2, 0.25) is 0 Å². The van der Waals surface area contributed by atoms with Gasteiger partial charge in [0.1, 0.15) is 0 Å². The maximum atomic E-state index is 4.64. The van der Waals surface area contributed by atoms with E-state index in [2.05, 4.69) is 27.7 Å². The minimum absolute atomic E-state index is 0. The second kappa shape index (κ2) is 2.53. The van der Waals surface area contributed by atoms with Gasteiger partial charge in [0, 0.05) is 7.05 Å². The lowest BCUT2D eigenvalue weighted by Crippen LogP contribution is -1.88. The van der Waals surface area contributed by atoms with E-state index < -0.39 is 0 Å². The molecule has 1 heterocycles. The van der Waals surface area contributed by atoms with Crippen LogP contribution < -0.4 is 0 Å². The number of hydrogen-bond donors (Lipinski definition) is 1. The van der Waals surface area contributed by atoms with Crippen molar-refractivity contribution >= 4 is 12.2 Å². The number of nitrogens with one attached hydrogen (secondary N) is 1. The summed E-state index contributed by atoms with van der Waals surface area (Å²) >= 11 is 4.64. The average Bonchev–Trinajstić information content (AvgIpc) is 1.91. The van der Waals surface area contributed by atoms with Crippen molar-refractivity contribution in [3.63, 3.8) is 0 Å². The van der Waals surface area contributed by atoms with E-state index in [0.717, 1.165) is 0 Å². The van der Waals surface area contributed by atoms with Gasteiger partial charge < -0.3 is 5.48 Å². The summed E-state index contributed by atoms with van der Waals surface area (Å²) in [4.78, 5) is 0. The fourth-order valence-electron chi connectivity index (χ4n) is 0.242. The van der Waals surface area contributed by atoms with Crippen LogP contribution in [0.3, 0.4) is 0 Å². The molecule has 0 atom stereocenters. The van der Waals surface area contributed by atoms with Crippen LogP contribution in [0.25, 0.3) is 0 Å². The van der Waals surface area contributed by atoms with Gasteiger partial charge in [0.05, 0.1) is 0 Å². The maximum Gasteiger partial charge on any atom is 0.237 e. The van der Waals surface area contributed by atoms with Gasteiger partial charge in [-0.05, 0) is 12.2 Å². The summed E-state index contributed by atoms with van der Waals surface area (Å²) in [5.74, 6) is 0. The molecule has 0 aliphatic heterocycles. The Labute approximate surface area is 50.6 Å².